The molecule has 0 unspecified atom stereocenters. The van der Waals surface area contributed by atoms with Crippen molar-refractivity contribution in [2.45, 2.75) is 23.9 Å². The Bertz CT molecular complexity index is 296. The molecule has 0 aliphatic heterocycles. The molecular weight excluding hydrogens is 277 g/mol. The smallest absolute Gasteiger partial charge is 0.460 e. The second-order valence-corrected chi connectivity index (χ2v) is 2.51. The summed E-state index contributed by atoms with van der Waals surface area (Å²) in [5.74, 6) is -25.1. The third-order valence-corrected chi connectivity index (χ3v) is 1.40. The zero-order valence-corrected chi connectivity index (χ0v) is 7.72. The predicted molar refractivity (Wildman–Crippen MR) is 31.9 cm³/mol. The number of carboxylic acid groups (broad SMARTS) is 1. The normalized spacial score (nSPS) is 14.2. The molecule has 0 radical (unpaired) electrons. The van der Waals surface area contributed by atoms with Crippen LogP contribution in [0.2, 0.25) is 0 Å². The molecule has 104 valence electrons. The van der Waals surface area contributed by atoms with E-state index in [1.165, 1.54) is 0 Å². The monoisotopic (exact) mass is 281 g/mol. The third-order valence-electron chi connectivity index (χ3n) is 1.40. The van der Waals surface area contributed by atoms with Crippen molar-refractivity contribution in [2.24, 2.45) is 0 Å². The van der Waals surface area contributed by atoms with Gasteiger partial charge in [-0.25, -0.2) is 0 Å². The summed E-state index contributed by atoms with van der Waals surface area (Å²) in [6.45, 7) is 0. The molecule has 0 aromatic heterocycles. The van der Waals surface area contributed by atoms with Crippen LogP contribution in [0.15, 0.2) is 0 Å². The molecule has 0 spiro atoms. The molecule has 3 nitrogen and oxygen atoms in total. The summed E-state index contributed by atoms with van der Waals surface area (Å²) in [6.07, 6.45) is -7.03. The van der Waals surface area contributed by atoms with Crippen molar-refractivity contribution < 1.29 is 49.4 Å². The maximum Gasteiger partial charge on any atom is 0.460 e. The molecular formula is C5H4F9NO2. The summed E-state index contributed by atoms with van der Waals surface area (Å²) in [5.41, 5.74) is 0. The lowest BCUT2D eigenvalue weighted by Gasteiger charge is -2.33. The number of halogens is 9. The number of alkyl halides is 9. The number of carbonyl (C=O) groups is 1. The van der Waals surface area contributed by atoms with Crippen LogP contribution >= 0.6 is 0 Å². The molecule has 0 aromatic rings. The predicted octanol–water partition coefficient (Wildman–Crippen LogP) is 1.58. The highest BCUT2D eigenvalue weighted by Gasteiger charge is 2.82. The van der Waals surface area contributed by atoms with E-state index in [-0.39, 0.29) is 6.15 Å². The van der Waals surface area contributed by atoms with Gasteiger partial charge in [-0.3, -0.25) is 0 Å². The Morgan fingerprint density at radius 3 is 1.24 bits per heavy atom. The largest absolute Gasteiger partial charge is 0.544 e. The number of quaternary nitrogens is 1. The van der Waals surface area contributed by atoms with Crippen LogP contribution in [0.1, 0.15) is 0 Å². The molecule has 17 heavy (non-hydrogen) atoms. The minimum absolute atomic E-state index is 0. The van der Waals surface area contributed by atoms with E-state index in [9.17, 15) is 49.4 Å². The Hall–Kier alpha value is -1.20. The topological polar surface area (TPSA) is 76.6 Å². The lowest BCUT2D eigenvalue weighted by molar-refractivity contribution is -0.410. The third kappa shape index (κ3) is 2.40. The fourth-order valence-corrected chi connectivity index (χ4v) is 0.503. The number of rotatable bonds is 3. The van der Waals surface area contributed by atoms with Crippen LogP contribution in [0.4, 0.5) is 39.5 Å². The van der Waals surface area contributed by atoms with Crippen LogP contribution < -0.4 is 11.3 Å². The molecule has 4 N–H and O–H groups in total. The maximum atomic E-state index is 12.1. The number of hydrogen-bond donors (Lipinski definition) is 1. The molecule has 0 rings (SSSR count). The van der Waals surface area contributed by atoms with Crippen LogP contribution in [0.3, 0.4) is 0 Å². The number of carbonyl (C=O) groups excluding carboxylic acids is 1. The van der Waals surface area contributed by atoms with Crippen LogP contribution in [0.5, 0.6) is 0 Å². The second-order valence-electron chi connectivity index (χ2n) is 2.51. The van der Waals surface area contributed by atoms with Crippen LogP contribution in [-0.2, 0) is 4.79 Å². The first-order valence-electron chi connectivity index (χ1n) is 3.11. The van der Waals surface area contributed by atoms with E-state index in [1.807, 2.05) is 0 Å². The molecule has 0 bridgehead atoms. The Balaban J connectivity index is 0. The fourth-order valence-electron chi connectivity index (χ4n) is 0.503. The Kier molecular flexibility index (Phi) is 4.53. The number of carboxylic acids is 1. The average Bonchev–Trinajstić information content (AvgIpc) is 2.00. The standard InChI is InChI=1S/C5HF9O2.H3N/c6-2(7,1(15)16)3(8,9)4(10,11)5(12,13)14;/h(H,15,16);1H3. The van der Waals surface area contributed by atoms with Gasteiger partial charge in [-0.05, 0) is 0 Å². The summed E-state index contributed by atoms with van der Waals surface area (Å²) in [4.78, 5) is 9.40. The molecule has 12 heteroatoms. The molecule has 0 aliphatic rings. The second kappa shape index (κ2) is 4.23. The zero-order valence-electron chi connectivity index (χ0n) is 7.72. The van der Waals surface area contributed by atoms with Crippen molar-refractivity contribution in [1.29, 1.82) is 0 Å². The fraction of sp³-hybridized carbons (Fsp3) is 0.800. The quantitative estimate of drug-likeness (QED) is 0.797. The molecule has 0 fully saturated rings. The van der Waals surface area contributed by atoms with Gasteiger partial charge in [0.15, 0.2) is 0 Å². The van der Waals surface area contributed by atoms with Crippen LogP contribution in [-0.4, -0.2) is 29.9 Å². The number of hydrogen-bond acceptors (Lipinski definition) is 2. The van der Waals surface area contributed by atoms with Crippen LogP contribution in [0, 0.1) is 0 Å². The van der Waals surface area contributed by atoms with Gasteiger partial charge in [-0.15, -0.1) is 0 Å². The van der Waals surface area contributed by atoms with Gasteiger partial charge in [0.2, 0.25) is 0 Å². The minimum Gasteiger partial charge on any atom is -0.544 e. The molecule has 0 heterocycles. The Morgan fingerprint density at radius 1 is 0.765 bits per heavy atom. The van der Waals surface area contributed by atoms with E-state index in [4.69, 9.17) is 0 Å². The van der Waals surface area contributed by atoms with E-state index < -0.39 is 29.9 Å². The van der Waals surface area contributed by atoms with E-state index in [0.717, 1.165) is 0 Å². The summed E-state index contributed by atoms with van der Waals surface area (Å²) in [6, 6.07) is 0. The van der Waals surface area contributed by atoms with Gasteiger partial charge in [0.1, 0.15) is 5.97 Å². The van der Waals surface area contributed by atoms with E-state index in [2.05, 4.69) is 0 Å². The average molecular weight is 281 g/mol. The van der Waals surface area contributed by atoms with Crippen molar-refractivity contribution in [3.05, 3.63) is 0 Å². The van der Waals surface area contributed by atoms with Gasteiger partial charge < -0.3 is 16.1 Å². The van der Waals surface area contributed by atoms with Crippen LogP contribution in [0.25, 0.3) is 0 Å². The molecule has 0 atom stereocenters. The lowest BCUT2D eigenvalue weighted by Crippen LogP contribution is -2.65. The SMILES string of the molecule is O=C([O-])C(F)(F)C(F)(F)C(F)(F)C(F)(F)F.[NH4+]. The maximum absolute atomic E-state index is 12.1. The lowest BCUT2D eigenvalue weighted by atomic mass is 10.0. The summed E-state index contributed by atoms with van der Waals surface area (Å²) in [5, 5.41) is 9.40. The summed E-state index contributed by atoms with van der Waals surface area (Å²) < 4.78 is 106. The minimum atomic E-state index is -7.20. The Morgan fingerprint density at radius 2 is 1.06 bits per heavy atom. The Labute approximate surface area is 86.8 Å². The molecule has 0 amide bonds. The van der Waals surface area contributed by atoms with Crippen molar-refractivity contribution in [2.75, 3.05) is 0 Å². The van der Waals surface area contributed by atoms with Crippen molar-refractivity contribution in [3.63, 3.8) is 0 Å². The molecule has 0 aromatic carbocycles. The molecule has 0 saturated heterocycles. The van der Waals surface area contributed by atoms with Crippen molar-refractivity contribution in [1.82, 2.24) is 6.15 Å². The van der Waals surface area contributed by atoms with Gasteiger partial charge in [0.25, 0.3) is 0 Å². The highest BCUT2D eigenvalue weighted by molar-refractivity contribution is 5.74. The van der Waals surface area contributed by atoms with Crippen molar-refractivity contribution >= 4 is 5.97 Å². The van der Waals surface area contributed by atoms with Gasteiger partial charge in [0.05, 0.1) is 0 Å². The van der Waals surface area contributed by atoms with Gasteiger partial charge in [-0.1, -0.05) is 0 Å². The zero-order chi connectivity index (χ0) is 13.6. The highest BCUT2D eigenvalue weighted by Crippen LogP contribution is 2.52. The van der Waals surface area contributed by atoms with E-state index in [1.54, 1.807) is 0 Å². The first kappa shape index (κ1) is 18.2. The molecule has 0 saturated carbocycles. The first-order valence-corrected chi connectivity index (χ1v) is 3.11. The van der Waals surface area contributed by atoms with Gasteiger partial charge in [-0.2, -0.15) is 39.5 Å². The van der Waals surface area contributed by atoms with E-state index >= 15 is 0 Å². The summed E-state index contributed by atoms with van der Waals surface area (Å²) in [7, 11) is 0. The summed E-state index contributed by atoms with van der Waals surface area (Å²) >= 11 is 0. The first-order chi connectivity index (χ1) is 6.69. The molecule has 0 aliphatic carbocycles. The van der Waals surface area contributed by atoms with Crippen molar-refractivity contribution in [3.8, 4) is 0 Å². The van der Waals surface area contributed by atoms with Gasteiger partial charge >= 0.3 is 23.9 Å². The number of aliphatic carboxylic acids is 1. The highest BCUT2D eigenvalue weighted by atomic mass is 19.4. The van der Waals surface area contributed by atoms with E-state index in [0.29, 0.717) is 0 Å². The van der Waals surface area contributed by atoms with Gasteiger partial charge in [0, 0.05) is 0 Å².